The summed E-state index contributed by atoms with van der Waals surface area (Å²) in [5.74, 6) is 1.47. The van der Waals surface area contributed by atoms with Gasteiger partial charge in [-0.15, -0.1) is 0 Å². The van der Waals surface area contributed by atoms with Crippen LogP contribution < -0.4 is 5.32 Å². The van der Waals surface area contributed by atoms with E-state index in [2.05, 4.69) is 50.3 Å². The molecule has 4 aliphatic rings. The van der Waals surface area contributed by atoms with Gasteiger partial charge in [0.05, 0.1) is 0 Å². The predicted molar refractivity (Wildman–Crippen MR) is 159 cm³/mol. The maximum atomic E-state index is 13.8. The van der Waals surface area contributed by atoms with Gasteiger partial charge in [0.2, 0.25) is 5.91 Å². The number of nitrogens with zero attached hydrogens (tertiary/aromatic N) is 3. The van der Waals surface area contributed by atoms with Crippen LogP contribution in [0.2, 0.25) is 0 Å². The summed E-state index contributed by atoms with van der Waals surface area (Å²) in [4.78, 5) is 34.2. The summed E-state index contributed by atoms with van der Waals surface area (Å²) in [5.41, 5.74) is 2.15. The van der Waals surface area contributed by atoms with Crippen LogP contribution in [0.1, 0.15) is 73.7 Å². The minimum atomic E-state index is 0.179. The molecule has 0 spiro atoms. The second kappa shape index (κ2) is 12.9. The van der Waals surface area contributed by atoms with Gasteiger partial charge in [-0.3, -0.25) is 19.4 Å². The largest absolute Gasteiger partial charge is 0.353 e. The first kappa shape index (κ1) is 27.5. The summed E-state index contributed by atoms with van der Waals surface area (Å²) in [5, 5.41) is 3.34. The number of carbonyl (C=O) groups is 2. The molecule has 0 unspecified atom stereocenters. The Balaban J connectivity index is 1.03. The summed E-state index contributed by atoms with van der Waals surface area (Å²) in [6.07, 6.45) is 9.25. The van der Waals surface area contributed by atoms with Crippen molar-refractivity contribution < 1.29 is 9.59 Å². The second-order valence-corrected chi connectivity index (χ2v) is 12.6. The summed E-state index contributed by atoms with van der Waals surface area (Å²) in [7, 11) is 0. The van der Waals surface area contributed by atoms with Crippen LogP contribution in [0.15, 0.2) is 60.7 Å². The number of hydrogen-bond acceptors (Lipinski definition) is 4. The van der Waals surface area contributed by atoms with Crippen molar-refractivity contribution in [3.8, 4) is 0 Å². The zero-order valence-corrected chi connectivity index (χ0v) is 23.9. The van der Waals surface area contributed by atoms with Gasteiger partial charge in [0.15, 0.2) is 0 Å². The van der Waals surface area contributed by atoms with Gasteiger partial charge in [-0.25, -0.2) is 0 Å². The normalized spacial score (nSPS) is 27.6. The standard InChI is InChI=1S/C34H46N4O2/c39-32(35-29-18-22-36(23-19-29)24-26-10-3-1-4-11-26)17-7-16-31-30-15-9-21-37-20-8-14-28(33(30)37)25-38(31)34(40)27-12-5-2-6-13-27/h1-6,10-13,28-31,33H,7-9,14-25H2,(H,35,39)/t28-,30+,31+,33-/m0/s1. The van der Waals surface area contributed by atoms with Gasteiger partial charge in [-0.2, -0.15) is 0 Å². The van der Waals surface area contributed by atoms with E-state index in [9.17, 15) is 9.59 Å². The molecule has 0 aromatic heterocycles. The zero-order chi connectivity index (χ0) is 27.3. The van der Waals surface area contributed by atoms with E-state index < -0.39 is 0 Å². The molecule has 0 radical (unpaired) electrons. The van der Waals surface area contributed by atoms with Crippen LogP contribution in [0.3, 0.4) is 0 Å². The molecule has 4 saturated heterocycles. The van der Waals surface area contributed by atoms with E-state index >= 15 is 0 Å². The summed E-state index contributed by atoms with van der Waals surface area (Å²) >= 11 is 0. The molecule has 1 N–H and O–H groups in total. The summed E-state index contributed by atoms with van der Waals surface area (Å²) in [6, 6.07) is 21.6. The predicted octanol–water partition coefficient (Wildman–Crippen LogP) is 4.95. The third-order valence-corrected chi connectivity index (χ3v) is 10.1. The fourth-order valence-electron chi connectivity index (χ4n) is 8.19. The minimum absolute atomic E-state index is 0.179. The number of amides is 2. The van der Waals surface area contributed by atoms with Crippen LogP contribution >= 0.6 is 0 Å². The van der Waals surface area contributed by atoms with Gasteiger partial charge in [0.25, 0.3) is 5.91 Å². The number of nitrogens with one attached hydrogen (secondary N) is 1. The van der Waals surface area contributed by atoms with E-state index in [1.54, 1.807) is 0 Å². The van der Waals surface area contributed by atoms with Crippen LogP contribution in [0.4, 0.5) is 0 Å². The highest BCUT2D eigenvalue weighted by Crippen LogP contribution is 2.43. The number of hydrogen-bond donors (Lipinski definition) is 1. The Kier molecular flexibility index (Phi) is 8.83. The Labute approximate surface area is 240 Å². The molecule has 40 heavy (non-hydrogen) atoms. The van der Waals surface area contributed by atoms with Crippen molar-refractivity contribution in [1.82, 2.24) is 20.0 Å². The zero-order valence-electron chi connectivity index (χ0n) is 23.9. The molecule has 0 aliphatic carbocycles. The van der Waals surface area contributed by atoms with Crippen molar-refractivity contribution in [1.29, 1.82) is 0 Å². The molecule has 4 fully saturated rings. The summed E-state index contributed by atoms with van der Waals surface area (Å²) < 4.78 is 0. The highest BCUT2D eigenvalue weighted by molar-refractivity contribution is 5.94. The molecule has 4 aliphatic heterocycles. The van der Waals surface area contributed by atoms with Crippen molar-refractivity contribution >= 4 is 11.8 Å². The average Bonchev–Trinajstić information content (AvgIpc) is 3.00. The summed E-state index contributed by atoms with van der Waals surface area (Å²) in [6.45, 7) is 6.33. The van der Waals surface area contributed by atoms with Gasteiger partial charge >= 0.3 is 0 Å². The van der Waals surface area contributed by atoms with Gasteiger partial charge in [0, 0.05) is 56.3 Å². The number of benzene rings is 2. The molecule has 4 atom stereocenters. The number of likely N-dealkylation sites (tertiary alicyclic amines) is 2. The molecule has 0 saturated carbocycles. The van der Waals surface area contributed by atoms with E-state index in [1.165, 1.54) is 44.3 Å². The van der Waals surface area contributed by atoms with Crippen LogP contribution in [-0.2, 0) is 11.3 Å². The lowest BCUT2D eigenvalue weighted by atomic mass is 9.69. The van der Waals surface area contributed by atoms with Crippen LogP contribution in [0.25, 0.3) is 0 Å². The Morgan fingerprint density at radius 3 is 2.27 bits per heavy atom. The topological polar surface area (TPSA) is 55.9 Å². The SMILES string of the molecule is O=C(CCC[C@@H]1[C@H]2CCCN3CCC[C@@H](CN1C(=O)c1ccccc1)[C@@H]23)NC1CCN(Cc2ccccc2)CC1. The third-order valence-electron chi connectivity index (χ3n) is 10.1. The minimum Gasteiger partial charge on any atom is -0.353 e. The lowest BCUT2D eigenvalue weighted by molar-refractivity contribution is -0.122. The molecule has 0 bridgehead atoms. The quantitative estimate of drug-likeness (QED) is 0.513. The molecule has 6 heteroatoms. The van der Waals surface area contributed by atoms with Crippen LogP contribution in [-0.4, -0.2) is 77.4 Å². The highest BCUT2D eigenvalue weighted by Gasteiger charge is 2.49. The van der Waals surface area contributed by atoms with E-state index in [0.29, 0.717) is 24.3 Å². The van der Waals surface area contributed by atoms with Gasteiger partial charge in [0.1, 0.15) is 0 Å². The first-order chi connectivity index (χ1) is 19.7. The van der Waals surface area contributed by atoms with Gasteiger partial charge in [-0.05, 0) is 94.0 Å². The van der Waals surface area contributed by atoms with Crippen molar-refractivity contribution in [2.24, 2.45) is 11.8 Å². The lowest BCUT2D eigenvalue weighted by Crippen LogP contribution is -2.65. The molecule has 2 amide bonds. The highest BCUT2D eigenvalue weighted by atomic mass is 16.2. The molecular weight excluding hydrogens is 496 g/mol. The van der Waals surface area contributed by atoms with E-state index in [1.807, 2.05) is 30.3 Å². The Bertz CT molecular complexity index is 1120. The molecule has 4 heterocycles. The molecule has 2 aromatic carbocycles. The molecular formula is C34H46N4O2. The van der Waals surface area contributed by atoms with Crippen LogP contribution in [0, 0.1) is 11.8 Å². The Hall–Kier alpha value is -2.70. The number of rotatable bonds is 8. The Morgan fingerprint density at radius 1 is 0.825 bits per heavy atom. The van der Waals surface area contributed by atoms with E-state index in [0.717, 1.165) is 57.4 Å². The van der Waals surface area contributed by atoms with E-state index in [4.69, 9.17) is 0 Å². The molecule has 6 nitrogen and oxygen atoms in total. The molecule has 2 aromatic rings. The lowest BCUT2D eigenvalue weighted by Gasteiger charge is -2.57. The first-order valence-electron chi connectivity index (χ1n) is 15.8. The maximum Gasteiger partial charge on any atom is 0.254 e. The van der Waals surface area contributed by atoms with Crippen LogP contribution in [0.5, 0.6) is 0 Å². The molecule has 6 rings (SSSR count). The first-order valence-corrected chi connectivity index (χ1v) is 15.8. The maximum absolute atomic E-state index is 13.8. The molecule has 214 valence electrons. The van der Waals surface area contributed by atoms with Crippen molar-refractivity contribution in [2.45, 2.75) is 82.5 Å². The number of piperidine rings is 4. The third kappa shape index (κ3) is 6.28. The van der Waals surface area contributed by atoms with E-state index in [-0.39, 0.29) is 23.9 Å². The van der Waals surface area contributed by atoms with Gasteiger partial charge < -0.3 is 10.2 Å². The van der Waals surface area contributed by atoms with Crippen molar-refractivity contribution in [3.05, 3.63) is 71.8 Å². The van der Waals surface area contributed by atoms with Gasteiger partial charge in [-0.1, -0.05) is 48.5 Å². The Morgan fingerprint density at radius 2 is 1.52 bits per heavy atom. The van der Waals surface area contributed by atoms with Crippen molar-refractivity contribution in [3.63, 3.8) is 0 Å². The average molecular weight is 543 g/mol. The number of carbonyl (C=O) groups excluding carboxylic acids is 2. The fourth-order valence-corrected chi connectivity index (χ4v) is 8.19. The second-order valence-electron chi connectivity index (χ2n) is 12.6. The monoisotopic (exact) mass is 542 g/mol. The smallest absolute Gasteiger partial charge is 0.254 e. The fraction of sp³-hybridized carbons (Fsp3) is 0.588. The van der Waals surface area contributed by atoms with Crippen molar-refractivity contribution in [2.75, 3.05) is 32.7 Å².